The molecule has 2 N–H and O–H groups in total. The maximum atomic E-state index is 12.5. The first-order valence-electron chi connectivity index (χ1n) is 8.08. The fourth-order valence-corrected chi connectivity index (χ4v) is 3.47. The van der Waals surface area contributed by atoms with Crippen LogP contribution in [0.2, 0.25) is 0 Å². The Kier molecular flexibility index (Phi) is 4.91. The summed E-state index contributed by atoms with van der Waals surface area (Å²) >= 11 is 0. The van der Waals surface area contributed by atoms with Crippen LogP contribution in [0.3, 0.4) is 0 Å². The number of rotatable bonds is 5. The molecule has 2 amide bonds. The van der Waals surface area contributed by atoms with E-state index in [0.717, 1.165) is 32.4 Å². The molecule has 1 heterocycles. The van der Waals surface area contributed by atoms with Gasteiger partial charge in [-0.15, -0.1) is 0 Å². The van der Waals surface area contributed by atoms with Gasteiger partial charge in [0.2, 0.25) is 11.8 Å². The summed E-state index contributed by atoms with van der Waals surface area (Å²) in [5.41, 5.74) is 0.221. The van der Waals surface area contributed by atoms with E-state index in [2.05, 4.69) is 24.5 Å². The standard InChI is InChI=1S/C16H29N3O2/c1-11(2)9-13(15(21)19(3)4)18-14(20)12-10-16(12)5-7-17-8-6-16/h11-13,17H,5-10H2,1-4H3,(H,18,20). The van der Waals surface area contributed by atoms with Crippen LogP contribution in [0.5, 0.6) is 0 Å². The van der Waals surface area contributed by atoms with Gasteiger partial charge in [0.15, 0.2) is 0 Å². The van der Waals surface area contributed by atoms with Crippen LogP contribution in [0.25, 0.3) is 0 Å². The van der Waals surface area contributed by atoms with Crippen LogP contribution in [0.1, 0.15) is 39.5 Å². The minimum absolute atomic E-state index is 0.00272. The first-order valence-corrected chi connectivity index (χ1v) is 8.08. The molecule has 5 nitrogen and oxygen atoms in total. The third-order valence-electron chi connectivity index (χ3n) is 4.87. The Bertz CT molecular complexity index is 400. The van der Waals surface area contributed by atoms with E-state index in [1.54, 1.807) is 19.0 Å². The molecule has 2 atom stereocenters. The van der Waals surface area contributed by atoms with Gasteiger partial charge in [-0.25, -0.2) is 0 Å². The number of carbonyl (C=O) groups is 2. The molecule has 5 heteroatoms. The average molecular weight is 295 g/mol. The number of nitrogens with zero attached hydrogens (tertiary/aromatic N) is 1. The summed E-state index contributed by atoms with van der Waals surface area (Å²) in [5.74, 6) is 0.574. The van der Waals surface area contributed by atoms with Gasteiger partial charge in [0.05, 0.1) is 0 Å². The molecule has 1 saturated carbocycles. The van der Waals surface area contributed by atoms with Gasteiger partial charge in [0.25, 0.3) is 0 Å². The Morgan fingerprint density at radius 1 is 1.29 bits per heavy atom. The minimum atomic E-state index is -0.383. The van der Waals surface area contributed by atoms with Crippen molar-refractivity contribution in [2.45, 2.75) is 45.6 Å². The molecule has 0 bridgehead atoms. The van der Waals surface area contributed by atoms with Crippen molar-refractivity contribution in [3.63, 3.8) is 0 Å². The van der Waals surface area contributed by atoms with Gasteiger partial charge < -0.3 is 15.5 Å². The fraction of sp³-hybridized carbons (Fsp3) is 0.875. The van der Waals surface area contributed by atoms with E-state index in [1.807, 2.05) is 0 Å². The SMILES string of the molecule is CC(C)CC(NC(=O)C1CC12CCNCC2)C(=O)N(C)C. The van der Waals surface area contributed by atoms with Crippen molar-refractivity contribution >= 4 is 11.8 Å². The normalized spacial score (nSPS) is 24.7. The molecule has 1 aliphatic heterocycles. The van der Waals surface area contributed by atoms with Gasteiger partial charge in [0, 0.05) is 20.0 Å². The zero-order valence-corrected chi connectivity index (χ0v) is 13.7. The largest absolute Gasteiger partial charge is 0.347 e. The third-order valence-corrected chi connectivity index (χ3v) is 4.87. The molecule has 1 aliphatic carbocycles. The molecular formula is C16H29N3O2. The highest BCUT2D eigenvalue weighted by molar-refractivity contribution is 5.89. The van der Waals surface area contributed by atoms with Crippen LogP contribution < -0.4 is 10.6 Å². The lowest BCUT2D eigenvalue weighted by Gasteiger charge is -2.26. The molecule has 0 radical (unpaired) electrons. The molecule has 2 fully saturated rings. The highest BCUT2D eigenvalue weighted by atomic mass is 16.2. The van der Waals surface area contributed by atoms with Crippen LogP contribution in [-0.4, -0.2) is 49.9 Å². The highest BCUT2D eigenvalue weighted by Crippen LogP contribution is 2.58. The van der Waals surface area contributed by atoms with E-state index in [0.29, 0.717) is 12.3 Å². The lowest BCUT2D eigenvalue weighted by Crippen LogP contribution is -2.48. The van der Waals surface area contributed by atoms with Crippen LogP contribution in [0, 0.1) is 17.3 Å². The molecule has 0 aromatic carbocycles. The van der Waals surface area contributed by atoms with Gasteiger partial charge in [-0.2, -0.15) is 0 Å². The van der Waals surface area contributed by atoms with Crippen molar-refractivity contribution in [1.29, 1.82) is 0 Å². The van der Waals surface area contributed by atoms with Gasteiger partial charge >= 0.3 is 0 Å². The second-order valence-corrected chi connectivity index (χ2v) is 7.29. The molecule has 21 heavy (non-hydrogen) atoms. The molecule has 120 valence electrons. The molecule has 0 aromatic heterocycles. The molecular weight excluding hydrogens is 266 g/mol. The number of nitrogens with one attached hydrogen (secondary N) is 2. The van der Waals surface area contributed by atoms with Crippen LogP contribution >= 0.6 is 0 Å². The molecule has 1 saturated heterocycles. The topological polar surface area (TPSA) is 61.4 Å². The maximum absolute atomic E-state index is 12.5. The van der Waals surface area contributed by atoms with E-state index >= 15 is 0 Å². The number of hydrogen-bond acceptors (Lipinski definition) is 3. The third kappa shape index (κ3) is 3.76. The van der Waals surface area contributed by atoms with Gasteiger partial charge in [-0.3, -0.25) is 9.59 Å². The average Bonchev–Trinajstić information content (AvgIpc) is 3.11. The summed E-state index contributed by atoms with van der Waals surface area (Å²) in [6.45, 7) is 6.17. The molecule has 1 spiro atoms. The predicted octanol–water partition coefficient (Wildman–Crippen LogP) is 0.995. The van der Waals surface area contributed by atoms with E-state index < -0.39 is 0 Å². The smallest absolute Gasteiger partial charge is 0.244 e. The van der Waals surface area contributed by atoms with Crippen LogP contribution in [0.4, 0.5) is 0 Å². The maximum Gasteiger partial charge on any atom is 0.244 e. The Morgan fingerprint density at radius 3 is 2.43 bits per heavy atom. The second-order valence-electron chi connectivity index (χ2n) is 7.29. The first-order chi connectivity index (χ1) is 9.85. The number of carbonyl (C=O) groups excluding carboxylic acids is 2. The monoisotopic (exact) mass is 295 g/mol. The number of amides is 2. The summed E-state index contributed by atoms with van der Waals surface area (Å²) in [6, 6.07) is -0.383. The second kappa shape index (κ2) is 6.34. The van der Waals surface area contributed by atoms with Crippen molar-refractivity contribution in [3.8, 4) is 0 Å². The van der Waals surface area contributed by atoms with Crippen molar-refractivity contribution in [1.82, 2.24) is 15.5 Å². The zero-order chi connectivity index (χ0) is 15.6. The van der Waals surface area contributed by atoms with Crippen molar-refractivity contribution in [2.24, 2.45) is 17.3 Å². The van der Waals surface area contributed by atoms with E-state index in [-0.39, 0.29) is 29.2 Å². The quantitative estimate of drug-likeness (QED) is 0.795. The van der Waals surface area contributed by atoms with Gasteiger partial charge in [-0.1, -0.05) is 13.8 Å². The number of piperidine rings is 1. The minimum Gasteiger partial charge on any atom is -0.347 e. The molecule has 2 unspecified atom stereocenters. The fourth-order valence-electron chi connectivity index (χ4n) is 3.47. The van der Waals surface area contributed by atoms with Gasteiger partial charge in [0.1, 0.15) is 6.04 Å². The Balaban J connectivity index is 1.94. The Hall–Kier alpha value is -1.10. The number of likely N-dealkylation sites (N-methyl/N-ethyl adjacent to an activating group) is 1. The summed E-state index contributed by atoms with van der Waals surface area (Å²) in [5, 5.41) is 6.36. The lowest BCUT2D eigenvalue weighted by atomic mass is 9.91. The van der Waals surface area contributed by atoms with Crippen molar-refractivity contribution in [3.05, 3.63) is 0 Å². The van der Waals surface area contributed by atoms with Crippen LogP contribution in [-0.2, 0) is 9.59 Å². The first kappa shape index (κ1) is 16.3. The lowest BCUT2D eigenvalue weighted by molar-refractivity contribution is -0.135. The Morgan fingerprint density at radius 2 is 1.90 bits per heavy atom. The van der Waals surface area contributed by atoms with E-state index in [9.17, 15) is 9.59 Å². The predicted molar refractivity (Wildman–Crippen MR) is 82.7 cm³/mol. The van der Waals surface area contributed by atoms with Crippen molar-refractivity contribution < 1.29 is 9.59 Å². The Labute approximate surface area is 127 Å². The van der Waals surface area contributed by atoms with E-state index in [1.165, 1.54) is 0 Å². The van der Waals surface area contributed by atoms with Crippen LogP contribution in [0.15, 0.2) is 0 Å². The molecule has 2 rings (SSSR count). The summed E-state index contributed by atoms with van der Waals surface area (Å²) in [6.07, 6.45) is 3.86. The van der Waals surface area contributed by atoms with Gasteiger partial charge in [-0.05, 0) is 50.1 Å². The molecule has 0 aromatic rings. The molecule has 2 aliphatic rings. The summed E-state index contributed by atoms with van der Waals surface area (Å²) in [4.78, 5) is 26.3. The zero-order valence-electron chi connectivity index (χ0n) is 13.7. The highest BCUT2D eigenvalue weighted by Gasteiger charge is 2.57. The summed E-state index contributed by atoms with van der Waals surface area (Å²) < 4.78 is 0. The number of hydrogen-bond donors (Lipinski definition) is 2. The van der Waals surface area contributed by atoms with E-state index in [4.69, 9.17) is 0 Å². The van der Waals surface area contributed by atoms with Crippen molar-refractivity contribution in [2.75, 3.05) is 27.2 Å². The summed E-state index contributed by atoms with van der Waals surface area (Å²) in [7, 11) is 3.49.